The lowest BCUT2D eigenvalue weighted by molar-refractivity contribution is 1.65. The Bertz CT molecular complexity index is 3430. The highest BCUT2D eigenvalue weighted by atomic mass is 32.1. The molecule has 2 aromatic heterocycles. The molecule has 0 fully saturated rings. The molecule has 0 spiro atoms. The number of hydrogen-bond donors (Lipinski definition) is 0. The minimum Gasteiger partial charge on any atom is -0.135 e. The van der Waals surface area contributed by atoms with E-state index < -0.39 is 0 Å². The molecule has 0 radical (unpaired) electrons. The van der Waals surface area contributed by atoms with E-state index in [1.165, 1.54) is 117 Å². The van der Waals surface area contributed by atoms with Crippen LogP contribution in [0.1, 0.15) is 0 Å². The molecule has 12 aromatic rings. The van der Waals surface area contributed by atoms with Crippen molar-refractivity contribution in [2.45, 2.75) is 0 Å². The van der Waals surface area contributed by atoms with Crippen molar-refractivity contribution < 1.29 is 0 Å². The maximum Gasteiger partial charge on any atom is 0.0368 e. The van der Waals surface area contributed by atoms with E-state index >= 15 is 0 Å². The average Bonchev–Trinajstić information content (AvgIpc) is 3.78. The molecular formula is C52H30S2. The highest BCUT2D eigenvalue weighted by molar-refractivity contribution is 7.27. The van der Waals surface area contributed by atoms with Crippen molar-refractivity contribution in [2.24, 2.45) is 0 Å². The third-order valence-electron chi connectivity index (χ3n) is 11.5. The van der Waals surface area contributed by atoms with Gasteiger partial charge >= 0.3 is 0 Å². The van der Waals surface area contributed by atoms with Crippen LogP contribution in [-0.4, -0.2) is 0 Å². The van der Waals surface area contributed by atoms with E-state index in [9.17, 15) is 0 Å². The second-order valence-electron chi connectivity index (χ2n) is 14.3. The summed E-state index contributed by atoms with van der Waals surface area (Å²) >= 11 is 3.82. The lowest BCUT2D eigenvalue weighted by Crippen LogP contribution is -1.91. The van der Waals surface area contributed by atoms with Crippen molar-refractivity contribution in [3.63, 3.8) is 0 Å². The summed E-state index contributed by atoms with van der Waals surface area (Å²) in [6.07, 6.45) is 0. The molecule has 10 aromatic carbocycles. The average molecular weight is 719 g/mol. The Morgan fingerprint density at radius 3 is 1.52 bits per heavy atom. The molecule has 2 heterocycles. The Labute approximate surface area is 319 Å². The largest absolute Gasteiger partial charge is 0.135 e. The molecule has 0 aliphatic heterocycles. The molecule has 0 amide bonds. The Morgan fingerprint density at radius 2 is 0.778 bits per heavy atom. The third-order valence-corrected chi connectivity index (χ3v) is 13.7. The maximum atomic E-state index is 2.44. The predicted molar refractivity (Wildman–Crippen MR) is 239 cm³/mol. The van der Waals surface area contributed by atoms with Crippen LogP contribution < -0.4 is 0 Å². The van der Waals surface area contributed by atoms with Crippen LogP contribution >= 0.6 is 22.7 Å². The van der Waals surface area contributed by atoms with E-state index in [1.807, 2.05) is 22.7 Å². The van der Waals surface area contributed by atoms with E-state index in [0.29, 0.717) is 0 Å². The van der Waals surface area contributed by atoms with Gasteiger partial charge in [0, 0.05) is 40.3 Å². The molecule has 0 aliphatic rings. The van der Waals surface area contributed by atoms with Crippen LogP contribution in [0.15, 0.2) is 182 Å². The van der Waals surface area contributed by atoms with Gasteiger partial charge < -0.3 is 0 Å². The van der Waals surface area contributed by atoms with E-state index in [1.54, 1.807) is 0 Å². The molecule has 0 atom stereocenters. The Balaban J connectivity index is 1.05. The molecular weight excluding hydrogens is 689 g/mol. The van der Waals surface area contributed by atoms with Gasteiger partial charge in [-0.1, -0.05) is 158 Å². The van der Waals surface area contributed by atoms with Gasteiger partial charge in [0.1, 0.15) is 0 Å². The van der Waals surface area contributed by atoms with Crippen LogP contribution in [0.5, 0.6) is 0 Å². The van der Waals surface area contributed by atoms with E-state index in [4.69, 9.17) is 0 Å². The normalized spacial score (nSPS) is 12.1. The first-order chi connectivity index (χ1) is 26.8. The van der Waals surface area contributed by atoms with Gasteiger partial charge in [-0.3, -0.25) is 0 Å². The molecule has 0 aliphatic carbocycles. The fourth-order valence-corrected chi connectivity index (χ4v) is 11.4. The molecule has 2 heteroatoms. The molecule has 0 unspecified atom stereocenters. The summed E-state index contributed by atoms with van der Waals surface area (Å²) in [6, 6.07) is 67.8. The molecule has 250 valence electrons. The fraction of sp³-hybridized carbons (Fsp3) is 0. The number of thiophene rings is 2. The van der Waals surface area contributed by atoms with E-state index in [0.717, 1.165) is 0 Å². The number of hydrogen-bond acceptors (Lipinski definition) is 2. The van der Waals surface area contributed by atoms with Crippen LogP contribution in [0.4, 0.5) is 0 Å². The zero-order valence-corrected chi connectivity index (χ0v) is 30.8. The predicted octanol–water partition coefficient (Wildman–Crippen LogP) is 16.0. The van der Waals surface area contributed by atoms with Crippen LogP contribution in [0.25, 0.3) is 117 Å². The summed E-state index contributed by atoms with van der Waals surface area (Å²) in [4.78, 5) is 0. The van der Waals surface area contributed by atoms with Crippen LogP contribution in [0.2, 0.25) is 0 Å². The molecule has 0 N–H and O–H groups in total. The van der Waals surface area contributed by atoms with Gasteiger partial charge in [0.15, 0.2) is 0 Å². The summed E-state index contributed by atoms with van der Waals surface area (Å²) in [5.41, 5.74) is 7.62. The zero-order chi connectivity index (χ0) is 35.3. The molecule has 0 nitrogen and oxygen atoms in total. The first-order valence-corrected chi connectivity index (χ1v) is 20.1. The van der Waals surface area contributed by atoms with Crippen LogP contribution in [0.3, 0.4) is 0 Å². The minimum atomic E-state index is 1.23. The summed E-state index contributed by atoms with van der Waals surface area (Å²) in [5, 5.41) is 15.7. The Hall–Kier alpha value is -6.32. The smallest absolute Gasteiger partial charge is 0.0368 e. The standard InChI is InChI=1S/C52H30S2/c1-2-14-34-31(12-1)13-11-22-37(34)51-41-20-7-5-18-39(41)50(40-19-6-8-21-42(40)51)33-26-24-32(25-27-33)43-28-49-52(38-17-4-3-15-35(38)43)45-30-47-44(29-48(45)54-49)36-16-9-10-23-46(36)53-47/h1-30H. The second-order valence-corrected chi connectivity index (χ2v) is 16.5. The highest BCUT2D eigenvalue weighted by Gasteiger charge is 2.19. The topological polar surface area (TPSA) is 0 Å². The van der Waals surface area contributed by atoms with E-state index in [-0.39, 0.29) is 0 Å². The Morgan fingerprint density at radius 1 is 0.259 bits per heavy atom. The van der Waals surface area contributed by atoms with Gasteiger partial charge in [-0.05, 0) is 101 Å². The number of benzene rings is 10. The van der Waals surface area contributed by atoms with Gasteiger partial charge in [0.2, 0.25) is 0 Å². The first-order valence-electron chi connectivity index (χ1n) is 18.5. The Kier molecular flexibility index (Phi) is 6.48. The lowest BCUT2D eigenvalue weighted by atomic mass is 9.84. The lowest BCUT2D eigenvalue weighted by Gasteiger charge is -2.19. The number of rotatable bonds is 3. The second kappa shape index (κ2) is 11.6. The quantitative estimate of drug-likeness (QED) is 0.160. The van der Waals surface area contributed by atoms with E-state index in [2.05, 4.69) is 182 Å². The minimum absolute atomic E-state index is 1.23. The van der Waals surface area contributed by atoms with Crippen LogP contribution in [0, 0.1) is 0 Å². The summed E-state index contributed by atoms with van der Waals surface area (Å²) in [7, 11) is 0. The summed E-state index contributed by atoms with van der Waals surface area (Å²) < 4.78 is 5.40. The van der Waals surface area contributed by atoms with Gasteiger partial charge in [-0.2, -0.15) is 0 Å². The summed E-state index contributed by atoms with van der Waals surface area (Å²) in [5.74, 6) is 0. The van der Waals surface area contributed by atoms with Crippen LogP contribution in [-0.2, 0) is 0 Å². The highest BCUT2D eigenvalue weighted by Crippen LogP contribution is 2.48. The van der Waals surface area contributed by atoms with Gasteiger partial charge in [-0.25, -0.2) is 0 Å². The molecule has 0 bridgehead atoms. The number of fused-ring (bicyclic) bond motifs is 11. The fourth-order valence-electron chi connectivity index (χ4n) is 9.09. The third kappa shape index (κ3) is 4.36. The van der Waals surface area contributed by atoms with Gasteiger partial charge in [0.05, 0.1) is 0 Å². The van der Waals surface area contributed by atoms with Crippen molar-refractivity contribution in [3.05, 3.63) is 182 Å². The van der Waals surface area contributed by atoms with Crippen molar-refractivity contribution in [1.29, 1.82) is 0 Å². The van der Waals surface area contributed by atoms with Gasteiger partial charge in [0.25, 0.3) is 0 Å². The summed E-state index contributed by atoms with van der Waals surface area (Å²) in [6.45, 7) is 0. The molecule has 54 heavy (non-hydrogen) atoms. The van der Waals surface area contributed by atoms with Crippen molar-refractivity contribution in [2.75, 3.05) is 0 Å². The monoisotopic (exact) mass is 718 g/mol. The van der Waals surface area contributed by atoms with Crippen molar-refractivity contribution in [3.8, 4) is 33.4 Å². The first kappa shape index (κ1) is 30.2. The molecule has 12 rings (SSSR count). The maximum absolute atomic E-state index is 2.44. The SMILES string of the molecule is c1ccc2c(-c3c4ccccc4c(-c4ccc(-c5cc6sc7cc8c(cc7c6c6ccccc56)sc5ccccc58)cc4)c4ccccc34)cccc2c1. The molecule has 0 saturated carbocycles. The van der Waals surface area contributed by atoms with Crippen molar-refractivity contribution in [1.82, 2.24) is 0 Å². The molecule has 0 saturated heterocycles. The van der Waals surface area contributed by atoms with Gasteiger partial charge in [-0.15, -0.1) is 22.7 Å². The van der Waals surface area contributed by atoms with Crippen molar-refractivity contribution >= 4 is 106 Å². The zero-order valence-electron chi connectivity index (χ0n) is 29.1.